The number of fused-ring (bicyclic) bond motifs is 1. The third-order valence-electron chi connectivity index (χ3n) is 5.24. The molecular weight excluding hydrogens is 408 g/mol. The molecular formula is C25H20N2O5. The first-order valence-electron chi connectivity index (χ1n) is 9.99. The van der Waals surface area contributed by atoms with Crippen LogP contribution >= 0.6 is 0 Å². The van der Waals surface area contributed by atoms with Gasteiger partial charge < -0.3 is 18.9 Å². The summed E-state index contributed by atoms with van der Waals surface area (Å²) in [6, 6.07) is 20.3. The molecule has 0 saturated carbocycles. The van der Waals surface area contributed by atoms with E-state index < -0.39 is 0 Å². The summed E-state index contributed by atoms with van der Waals surface area (Å²) in [7, 11) is 3.22. The lowest BCUT2D eigenvalue weighted by molar-refractivity contribution is -0.113. The molecule has 32 heavy (non-hydrogen) atoms. The van der Waals surface area contributed by atoms with Gasteiger partial charge in [0, 0.05) is 5.56 Å². The highest BCUT2D eigenvalue weighted by atomic mass is 16.7. The highest BCUT2D eigenvalue weighted by molar-refractivity contribution is 6.33. The summed E-state index contributed by atoms with van der Waals surface area (Å²) >= 11 is 0. The second-order valence-electron chi connectivity index (χ2n) is 7.14. The van der Waals surface area contributed by atoms with Gasteiger partial charge in [-0.25, -0.2) is 4.99 Å². The van der Waals surface area contributed by atoms with Crippen LogP contribution in [0.2, 0.25) is 0 Å². The SMILES string of the molecule is COc1ccc(C2=N/C(=C/c3ccc4c(c3)OCO4)C(=O)N2c2ccc(OC)cc2)cc1. The first-order valence-corrected chi connectivity index (χ1v) is 9.99. The average molecular weight is 428 g/mol. The van der Waals surface area contributed by atoms with Crippen LogP contribution in [0.4, 0.5) is 5.69 Å². The minimum absolute atomic E-state index is 0.194. The van der Waals surface area contributed by atoms with Crippen LogP contribution in [0.25, 0.3) is 6.08 Å². The summed E-state index contributed by atoms with van der Waals surface area (Å²) in [6.45, 7) is 0.194. The van der Waals surface area contributed by atoms with E-state index in [4.69, 9.17) is 23.9 Å². The number of carbonyl (C=O) groups is 1. The van der Waals surface area contributed by atoms with Gasteiger partial charge in [0.2, 0.25) is 6.79 Å². The van der Waals surface area contributed by atoms with Crippen LogP contribution in [0.15, 0.2) is 77.4 Å². The van der Waals surface area contributed by atoms with Crippen LogP contribution in [0.3, 0.4) is 0 Å². The van der Waals surface area contributed by atoms with Crippen LogP contribution in [0, 0.1) is 0 Å². The number of ether oxygens (including phenoxy) is 4. The number of nitrogens with zero attached hydrogens (tertiary/aromatic N) is 2. The lowest BCUT2D eigenvalue weighted by Gasteiger charge is -2.19. The molecule has 3 aromatic carbocycles. The van der Waals surface area contributed by atoms with Crippen molar-refractivity contribution < 1.29 is 23.7 Å². The second-order valence-corrected chi connectivity index (χ2v) is 7.14. The maximum Gasteiger partial charge on any atom is 0.282 e. The first-order chi connectivity index (χ1) is 15.7. The molecule has 0 saturated heterocycles. The van der Waals surface area contributed by atoms with Crippen LogP contribution in [-0.2, 0) is 4.79 Å². The molecule has 0 atom stereocenters. The normalized spacial score (nSPS) is 15.8. The van der Waals surface area contributed by atoms with E-state index in [2.05, 4.69) is 0 Å². The maximum atomic E-state index is 13.4. The Balaban J connectivity index is 1.57. The summed E-state index contributed by atoms with van der Waals surface area (Å²) in [5.41, 5.74) is 2.61. The Labute approximate surface area is 185 Å². The maximum absolute atomic E-state index is 13.4. The second kappa shape index (κ2) is 8.11. The molecule has 7 heteroatoms. The third-order valence-corrected chi connectivity index (χ3v) is 5.24. The van der Waals surface area contributed by atoms with Crippen LogP contribution < -0.4 is 23.8 Å². The number of hydrogen-bond acceptors (Lipinski definition) is 6. The summed E-state index contributed by atoms with van der Waals surface area (Å²) in [6.07, 6.45) is 1.75. The molecule has 2 heterocycles. The zero-order valence-electron chi connectivity index (χ0n) is 17.6. The average Bonchev–Trinajstić information content (AvgIpc) is 3.43. The summed E-state index contributed by atoms with van der Waals surface area (Å²) in [4.78, 5) is 19.7. The van der Waals surface area contributed by atoms with E-state index in [0.29, 0.717) is 34.5 Å². The minimum Gasteiger partial charge on any atom is -0.497 e. The Kier molecular flexibility index (Phi) is 4.99. The summed E-state index contributed by atoms with van der Waals surface area (Å²) in [5.74, 6) is 3.09. The van der Waals surface area contributed by atoms with E-state index >= 15 is 0 Å². The molecule has 0 bridgehead atoms. The van der Waals surface area contributed by atoms with E-state index in [1.807, 2.05) is 66.7 Å². The van der Waals surface area contributed by atoms with Crippen molar-refractivity contribution in [2.45, 2.75) is 0 Å². The van der Waals surface area contributed by atoms with Gasteiger partial charge in [0.15, 0.2) is 11.5 Å². The van der Waals surface area contributed by atoms with Crippen molar-refractivity contribution in [1.82, 2.24) is 0 Å². The number of anilines is 1. The quantitative estimate of drug-likeness (QED) is 0.568. The molecule has 160 valence electrons. The molecule has 5 rings (SSSR count). The molecule has 1 amide bonds. The van der Waals surface area contributed by atoms with Crippen molar-refractivity contribution in [3.8, 4) is 23.0 Å². The van der Waals surface area contributed by atoms with Crippen LogP contribution in [-0.4, -0.2) is 32.8 Å². The number of hydrogen-bond donors (Lipinski definition) is 0. The van der Waals surface area contributed by atoms with Gasteiger partial charge in [-0.1, -0.05) is 6.07 Å². The smallest absolute Gasteiger partial charge is 0.282 e. The van der Waals surface area contributed by atoms with Gasteiger partial charge in [-0.2, -0.15) is 0 Å². The molecule has 0 N–H and O–H groups in total. The molecule has 0 aliphatic carbocycles. The third kappa shape index (κ3) is 3.54. The number of amidine groups is 1. The standard InChI is InChI=1S/C25H20N2O5/c1-29-19-8-4-17(5-9-19)24-26-21(13-16-3-12-22-23(14-16)32-15-31-22)25(28)27(24)18-6-10-20(30-2)11-7-18/h3-14H,15H2,1-2H3/b21-13+. The number of benzene rings is 3. The van der Waals surface area contributed by atoms with E-state index in [-0.39, 0.29) is 12.7 Å². The molecule has 0 fully saturated rings. The van der Waals surface area contributed by atoms with Crippen molar-refractivity contribution in [1.29, 1.82) is 0 Å². The fourth-order valence-corrected chi connectivity index (χ4v) is 3.58. The van der Waals surface area contributed by atoms with E-state index in [1.165, 1.54) is 0 Å². The van der Waals surface area contributed by atoms with Gasteiger partial charge in [-0.05, 0) is 72.3 Å². The lowest BCUT2D eigenvalue weighted by atomic mass is 10.1. The Morgan fingerprint density at radius 1 is 0.875 bits per heavy atom. The topological polar surface area (TPSA) is 69.6 Å². The van der Waals surface area contributed by atoms with Crippen molar-refractivity contribution >= 4 is 23.5 Å². The Bertz CT molecular complexity index is 1230. The molecule has 3 aromatic rings. The number of aliphatic imine (C=N–C) groups is 1. The zero-order chi connectivity index (χ0) is 22.1. The molecule has 0 spiro atoms. The van der Waals surface area contributed by atoms with Gasteiger partial charge in [0.25, 0.3) is 5.91 Å². The van der Waals surface area contributed by atoms with E-state index in [0.717, 1.165) is 16.9 Å². The lowest BCUT2D eigenvalue weighted by Crippen LogP contribution is -2.32. The van der Waals surface area contributed by atoms with Gasteiger partial charge in [-0.3, -0.25) is 9.69 Å². The number of methoxy groups -OCH3 is 2. The fraction of sp³-hybridized carbons (Fsp3) is 0.120. The van der Waals surface area contributed by atoms with Crippen LogP contribution in [0.5, 0.6) is 23.0 Å². The first kappa shape index (κ1) is 19.7. The van der Waals surface area contributed by atoms with Gasteiger partial charge in [0.1, 0.15) is 23.0 Å². The van der Waals surface area contributed by atoms with Crippen molar-refractivity contribution in [3.05, 3.63) is 83.6 Å². The fourth-order valence-electron chi connectivity index (χ4n) is 3.58. The van der Waals surface area contributed by atoms with E-state index in [9.17, 15) is 4.79 Å². The monoisotopic (exact) mass is 428 g/mol. The minimum atomic E-state index is -0.223. The van der Waals surface area contributed by atoms with Gasteiger partial charge in [0.05, 0.1) is 19.9 Å². The van der Waals surface area contributed by atoms with Crippen molar-refractivity contribution in [3.63, 3.8) is 0 Å². The molecule has 2 aliphatic rings. The van der Waals surface area contributed by atoms with E-state index in [1.54, 1.807) is 25.2 Å². The van der Waals surface area contributed by atoms with Gasteiger partial charge >= 0.3 is 0 Å². The Morgan fingerprint density at radius 3 is 2.22 bits per heavy atom. The van der Waals surface area contributed by atoms with Gasteiger partial charge in [-0.15, -0.1) is 0 Å². The molecule has 0 radical (unpaired) electrons. The number of carbonyl (C=O) groups excluding carboxylic acids is 1. The van der Waals surface area contributed by atoms with Crippen molar-refractivity contribution in [2.75, 3.05) is 25.9 Å². The predicted molar refractivity (Wildman–Crippen MR) is 121 cm³/mol. The number of rotatable bonds is 5. The predicted octanol–water partition coefficient (Wildman–Crippen LogP) is 4.27. The highest BCUT2D eigenvalue weighted by Crippen LogP contribution is 2.34. The Morgan fingerprint density at radius 2 is 1.53 bits per heavy atom. The number of amides is 1. The highest BCUT2D eigenvalue weighted by Gasteiger charge is 2.32. The summed E-state index contributed by atoms with van der Waals surface area (Å²) in [5, 5.41) is 0. The molecule has 7 nitrogen and oxygen atoms in total. The largest absolute Gasteiger partial charge is 0.497 e. The van der Waals surface area contributed by atoms with Crippen molar-refractivity contribution in [2.24, 2.45) is 4.99 Å². The van der Waals surface area contributed by atoms with Crippen LogP contribution in [0.1, 0.15) is 11.1 Å². The molecule has 0 unspecified atom stereocenters. The Hall–Kier alpha value is -4.26. The molecule has 0 aromatic heterocycles. The molecule has 2 aliphatic heterocycles. The summed E-state index contributed by atoms with van der Waals surface area (Å²) < 4.78 is 21.3. The zero-order valence-corrected chi connectivity index (χ0v) is 17.6.